The van der Waals surface area contributed by atoms with E-state index in [1.165, 1.54) is 0 Å². The second kappa shape index (κ2) is 7.92. The van der Waals surface area contributed by atoms with Crippen molar-refractivity contribution in [3.8, 4) is 5.75 Å². The summed E-state index contributed by atoms with van der Waals surface area (Å²) in [4.78, 5) is 15.3. The number of hydrogen-bond acceptors (Lipinski definition) is 5. The van der Waals surface area contributed by atoms with E-state index in [-0.39, 0.29) is 6.42 Å². The molecule has 0 saturated heterocycles. The summed E-state index contributed by atoms with van der Waals surface area (Å²) < 4.78 is 28.7. The van der Waals surface area contributed by atoms with E-state index in [0.717, 1.165) is 17.4 Å². The Kier molecular flexibility index (Phi) is 5.92. The number of nitrogens with two attached hydrogens (primary N) is 1. The van der Waals surface area contributed by atoms with Crippen LogP contribution in [0, 0.1) is 0 Å². The molecule has 6 nitrogen and oxygen atoms in total. The lowest BCUT2D eigenvalue weighted by Gasteiger charge is -2.11. The van der Waals surface area contributed by atoms with Gasteiger partial charge >= 0.3 is 0 Å². The van der Waals surface area contributed by atoms with Crippen LogP contribution < -0.4 is 10.5 Å². The molecule has 1 aromatic heterocycles. The van der Waals surface area contributed by atoms with Gasteiger partial charge in [-0.2, -0.15) is 0 Å². The molecule has 1 atom stereocenters. The zero-order valence-electron chi connectivity index (χ0n) is 13.4. The van der Waals surface area contributed by atoms with Crippen molar-refractivity contribution >= 4 is 15.7 Å². The molecule has 0 aliphatic carbocycles. The van der Waals surface area contributed by atoms with Crippen LogP contribution in [0.2, 0.25) is 0 Å². The predicted molar refractivity (Wildman–Crippen MR) is 91.2 cm³/mol. The van der Waals surface area contributed by atoms with Crippen LogP contribution in [-0.4, -0.2) is 30.8 Å². The molecule has 1 amide bonds. The summed E-state index contributed by atoms with van der Waals surface area (Å²) in [5.74, 6) is -0.105. The van der Waals surface area contributed by atoms with Crippen LogP contribution in [-0.2, 0) is 27.7 Å². The standard InChI is InChI=1S/C17H20N2O4S/c1-24(21,22)16(17(18)20)9-6-13-4-7-15(8-5-13)23-12-14-3-2-10-19-11-14/h2-5,7-8,10-11,16H,6,9,12H2,1H3,(H2,18,20). The lowest BCUT2D eigenvalue weighted by molar-refractivity contribution is -0.117. The molecular formula is C17H20N2O4S. The fourth-order valence-electron chi connectivity index (χ4n) is 2.27. The molecule has 2 aromatic rings. The third-order valence-electron chi connectivity index (χ3n) is 3.58. The number of carbonyl (C=O) groups excluding carboxylic acids is 1. The highest BCUT2D eigenvalue weighted by atomic mass is 32.2. The van der Waals surface area contributed by atoms with Gasteiger partial charge in [-0.25, -0.2) is 8.42 Å². The van der Waals surface area contributed by atoms with Gasteiger partial charge in [0.2, 0.25) is 5.91 Å². The van der Waals surface area contributed by atoms with Gasteiger partial charge in [0.25, 0.3) is 0 Å². The number of benzene rings is 1. The van der Waals surface area contributed by atoms with Gasteiger partial charge in [0, 0.05) is 24.2 Å². The van der Waals surface area contributed by atoms with Gasteiger partial charge in [-0.05, 0) is 36.6 Å². The predicted octanol–water partition coefficient (Wildman–Crippen LogP) is 1.49. The van der Waals surface area contributed by atoms with Crippen LogP contribution in [0.5, 0.6) is 5.75 Å². The third kappa shape index (κ3) is 5.34. The highest BCUT2D eigenvalue weighted by molar-refractivity contribution is 7.92. The van der Waals surface area contributed by atoms with E-state index in [9.17, 15) is 13.2 Å². The molecule has 0 radical (unpaired) electrons. The first-order valence-corrected chi connectivity index (χ1v) is 9.40. The minimum absolute atomic E-state index is 0.171. The highest BCUT2D eigenvalue weighted by Gasteiger charge is 2.26. The van der Waals surface area contributed by atoms with E-state index in [2.05, 4.69) is 4.98 Å². The first kappa shape index (κ1) is 17.9. The van der Waals surface area contributed by atoms with E-state index in [1.807, 2.05) is 36.4 Å². The number of sulfone groups is 1. The van der Waals surface area contributed by atoms with E-state index < -0.39 is 21.0 Å². The minimum Gasteiger partial charge on any atom is -0.489 e. The molecule has 1 aromatic carbocycles. The molecule has 1 unspecified atom stereocenters. The van der Waals surface area contributed by atoms with Crippen molar-refractivity contribution in [2.24, 2.45) is 5.73 Å². The molecule has 0 fully saturated rings. The summed E-state index contributed by atoms with van der Waals surface area (Å²) in [6, 6.07) is 11.1. The largest absolute Gasteiger partial charge is 0.489 e. The molecule has 1 heterocycles. The number of hydrogen-bond donors (Lipinski definition) is 1. The topological polar surface area (TPSA) is 99.3 Å². The number of pyridine rings is 1. The Bertz CT molecular complexity index is 774. The average Bonchev–Trinajstić information content (AvgIpc) is 2.53. The van der Waals surface area contributed by atoms with Crippen LogP contribution in [0.4, 0.5) is 0 Å². The molecule has 0 aliphatic heterocycles. The second-order valence-corrected chi connectivity index (χ2v) is 7.78. The summed E-state index contributed by atoms with van der Waals surface area (Å²) in [7, 11) is -3.49. The Morgan fingerprint density at radius 3 is 2.46 bits per heavy atom. The zero-order chi connectivity index (χ0) is 17.6. The van der Waals surface area contributed by atoms with Crippen molar-refractivity contribution in [3.05, 3.63) is 59.9 Å². The summed E-state index contributed by atoms with van der Waals surface area (Å²) in [6.07, 6.45) is 5.09. The highest BCUT2D eigenvalue weighted by Crippen LogP contribution is 2.16. The quantitative estimate of drug-likeness (QED) is 0.779. The Balaban J connectivity index is 1.91. The number of ether oxygens (including phenoxy) is 1. The van der Waals surface area contributed by atoms with Gasteiger partial charge in [-0.15, -0.1) is 0 Å². The number of nitrogens with zero attached hydrogens (tertiary/aromatic N) is 1. The smallest absolute Gasteiger partial charge is 0.235 e. The van der Waals surface area contributed by atoms with Gasteiger partial charge in [0.05, 0.1) is 0 Å². The lowest BCUT2D eigenvalue weighted by Crippen LogP contribution is -2.35. The summed E-state index contributed by atoms with van der Waals surface area (Å²) >= 11 is 0. The van der Waals surface area contributed by atoms with Crippen LogP contribution in [0.25, 0.3) is 0 Å². The molecule has 0 bridgehead atoms. The first-order chi connectivity index (χ1) is 11.4. The maximum atomic E-state index is 11.5. The van der Waals surface area contributed by atoms with Gasteiger partial charge in [-0.1, -0.05) is 18.2 Å². The van der Waals surface area contributed by atoms with Gasteiger partial charge in [0.15, 0.2) is 9.84 Å². The molecule has 2 rings (SSSR count). The van der Waals surface area contributed by atoms with E-state index >= 15 is 0 Å². The SMILES string of the molecule is CS(=O)(=O)C(CCc1ccc(OCc2cccnc2)cc1)C(N)=O. The second-order valence-electron chi connectivity index (χ2n) is 5.55. The number of aromatic nitrogens is 1. The molecule has 0 spiro atoms. The first-order valence-electron chi connectivity index (χ1n) is 7.45. The molecule has 24 heavy (non-hydrogen) atoms. The average molecular weight is 348 g/mol. The molecule has 2 N–H and O–H groups in total. The Morgan fingerprint density at radius 1 is 1.21 bits per heavy atom. The van der Waals surface area contributed by atoms with E-state index in [1.54, 1.807) is 12.4 Å². The van der Waals surface area contributed by atoms with Gasteiger partial charge in [0.1, 0.15) is 17.6 Å². The fourth-order valence-corrected chi connectivity index (χ4v) is 3.24. The Labute approximate surface area is 141 Å². The molecule has 128 valence electrons. The summed E-state index contributed by atoms with van der Waals surface area (Å²) in [5, 5.41) is -1.15. The molecule has 0 aliphatic rings. The summed E-state index contributed by atoms with van der Waals surface area (Å²) in [5.41, 5.74) is 7.05. The van der Waals surface area contributed by atoms with E-state index in [0.29, 0.717) is 18.8 Å². The molecule has 7 heteroatoms. The molecule has 0 saturated carbocycles. The van der Waals surface area contributed by atoms with Crippen LogP contribution in [0.1, 0.15) is 17.5 Å². The monoisotopic (exact) mass is 348 g/mol. The van der Waals surface area contributed by atoms with E-state index in [4.69, 9.17) is 10.5 Å². The third-order valence-corrected chi connectivity index (χ3v) is 5.08. The van der Waals surface area contributed by atoms with Crippen molar-refractivity contribution in [1.82, 2.24) is 4.98 Å². The number of primary amides is 1. The van der Waals surface area contributed by atoms with Crippen LogP contribution in [0.3, 0.4) is 0 Å². The fraction of sp³-hybridized carbons (Fsp3) is 0.294. The Hall–Kier alpha value is -2.41. The minimum atomic E-state index is -3.49. The Morgan fingerprint density at radius 2 is 1.92 bits per heavy atom. The molecular weight excluding hydrogens is 328 g/mol. The summed E-state index contributed by atoms with van der Waals surface area (Å²) in [6.45, 7) is 0.422. The number of amides is 1. The number of aryl methyl sites for hydroxylation is 1. The van der Waals surface area contributed by atoms with Crippen molar-refractivity contribution in [2.45, 2.75) is 24.7 Å². The normalized spacial score (nSPS) is 12.5. The van der Waals surface area contributed by atoms with Gasteiger partial charge in [-0.3, -0.25) is 9.78 Å². The van der Waals surface area contributed by atoms with Crippen LogP contribution in [0.15, 0.2) is 48.8 Å². The van der Waals surface area contributed by atoms with Crippen LogP contribution >= 0.6 is 0 Å². The van der Waals surface area contributed by atoms with Crippen molar-refractivity contribution in [3.63, 3.8) is 0 Å². The maximum Gasteiger partial charge on any atom is 0.235 e. The van der Waals surface area contributed by atoms with Crippen molar-refractivity contribution in [2.75, 3.05) is 6.26 Å². The lowest BCUT2D eigenvalue weighted by atomic mass is 10.1. The number of carbonyl (C=O) groups is 1. The maximum absolute atomic E-state index is 11.5. The van der Waals surface area contributed by atoms with Crippen molar-refractivity contribution < 1.29 is 17.9 Å². The van der Waals surface area contributed by atoms with Gasteiger partial charge < -0.3 is 10.5 Å². The zero-order valence-corrected chi connectivity index (χ0v) is 14.2. The van der Waals surface area contributed by atoms with Crippen molar-refractivity contribution in [1.29, 1.82) is 0 Å². The number of rotatable bonds is 8.